The molecule has 1 saturated heterocycles. The van der Waals surface area contributed by atoms with Crippen molar-refractivity contribution in [3.8, 4) is 5.75 Å². The highest BCUT2D eigenvalue weighted by Gasteiger charge is 2.34. The number of rotatable bonds is 3. The van der Waals surface area contributed by atoms with Crippen LogP contribution in [-0.2, 0) is 4.79 Å². The zero-order valence-corrected chi connectivity index (χ0v) is 11.9. The summed E-state index contributed by atoms with van der Waals surface area (Å²) in [5.41, 5.74) is 1.48. The zero-order valence-electron chi connectivity index (χ0n) is 11.9. The average molecular weight is 294 g/mol. The van der Waals surface area contributed by atoms with E-state index in [-0.39, 0.29) is 11.6 Å². The van der Waals surface area contributed by atoms with E-state index in [1.807, 2.05) is 24.3 Å². The number of para-hydroxylation sites is 2. The lowest BCUT2D eigenvalue weighted by atomic mass is 10.1. The van der Waals surface area contributed by atoms with Crippen LogP contribution in [0.5, 0.6) is 5.75 Å². The monoisotopic (exact) mass is 294 g/mol. The van der Waals surface area contributed by atoms with Crippen LogP contribution in [-0.4, -0.2) is 19.0 Å². The number of hydrogen-bond donors (Lipinski definition) is 1. The Morgan fingerprint density at radius 2 is 1.68 bits per heavy atom. The number of imide groups is 1. The second-order valence-corrected chi connectivity index (χ2v) is 4.71. The number of methoxy groups -OCH3 is 1. The van der Waals surface area contributed by atoms with Crippen molar-refractivity contribution in [3.63, 3.8) is 0 Å². The second-order valence-electron chi connectivity index (χ2n) is 4.71. The van der Waals surface area contributed by atoms with Crippen molar-refractivity contribution in [1.29, 1.82) is 0 Å². The Kier molecular flexibility index (Phi) is 3.62. The molecular weight excluding hydrogens is 280 g/mol. The lowest BCUT2D eigenvalue weighted by molar-refractivity contribution is -0.113. The van der Waals surface area contributed by atoms with Gasteiger partial charge in [-0.3, -0.25) is 4.79 Å². The Balaban J connectivity index is 1.96. The highest BCUT2D eigenvalue weighted by molar-refractivity contribution is 6.28. The highest BCUT2D eigenvalue weighted by atomic mass is 16.5. The molecule has 3 rings (SSSR count). The molecule has 0 saturated carbocycles. The molecule has 0 aromatic heterocycles. The fourth-order valence-corrected chi connectivity index (χ4v) is 2.29. The molecule has 110 valence electrons. The highest BCUT2D eigenvalue weighted by Crippen LogP contribution is 2.24. The summed E-state index contributed by atoms with van der Waals surface area (Å²) in [5, 5.41) is 2.60. The number of carbonyl (C=O) groups is 2. The average Bonchev–Trinajstić information content (AvgIpc) is 2.83. The molecule has 5 nitrogen and oxygen atoms in total. The van der Waals surface area contributed by atoms with Gasteiger partial charge in [0.2, 0.25) is 0 Å². The SMILES string of the molecule is COc1ccccc1C=C1NC(=O)N(c2ccccc2)C1=O. The van der Waals surface area contributed by atoms with Gasteiger partial charge in [0, 0.05) is 5.56 Å². The van der Waals surface area contributed by atoms with Gasteiger partial charge < -0.3 is 10.1 Å². The standard InChI is InChI=1S/C17H14N2O3/c1-22-15-10-6-5-7-12(15)11-14-16(20)19(17(21)18-14)13-8-3-2-4-9-13/h2-11H,1H3,(H,18,21). The van der Waals surface area contributed by atoms with Crippen LogP contribution in [0.1, 0.15) is 5.56 Å². The van der Waals surface area contributed by atoms with E-state index in [4.69, 9.17) is 4.74 Å². The molecule has 0 atom stereocenters. The third-order valence-electron chi connectivity index (χ3n) is 3.33. The van der Waals surface area contributed by atoms with E-state index in [2.05, 4.69) is 5.32 Å². The maximum atomic E-state index is 12.5. The van der Waals surface area contributed by atoms with Gasteiger partial charge in [0.15, 0.2) is 0 Å². The van der Waals surface area contributed by atoms with Crippen molar-refractivity contribution in [3.05, 3.63) is 65.9 Å². The number of benzene rings is 2. The number of carbonyl (C=O) groups excluding carboxylic acids is 2. The molecule has 3 amide bonds. The van der Waals surface area contributed by atoms with Crippen LogP contribution in [0.3, 0.4) is 0 Å². The summed E-state index contributed by atoms with van der Waals surface area (Å²) in [6.45, 7) is 0. The minimum Gasteiger partial charge on any atom is -0.496 e. The Hall–Kier alpha value is -3.08. The number of amides is 3. The summed E-state index contributed by atoms with van der Waals surface area (Å²) in [4.78, 5) is 25.6. The molecule has 22 heavy (non-hydrogen) atoms. The van der Waals surface area contributed by atoms with Crippen molar-refractivity contribution >= 4 is 23.7 Å². The Bertz CT molecular complexity index is 754. The van der Waals surface area contributed by atoms with Gasteiger partial charge >= 0.3 is 6.03 Å². The van der Waals surface area contributed by atoms with Gasteiger partial charge in [-0.15, -0.1) is 0 Å². The maximum absolute atomic E-state index is 12.5. The quantitative estimate of drug-likeness (QED) is 0.699. The van der Waals surface area contributed by atoms with Gasteiger partial charge in [-0.25, -0.2) is 9.69 Å². The van der Waals surface area contributed by atoms with Gasteiger partial charge in [0.1, 0.15) is 11.4 Å². The summed E-state index contributed by atoms with van der Waals surface area (Å²) in [7, 11) is 1.56. The van der Waals surface area contributed by atoms with E-state index in [1.54, 1.807) is 43.5 Å². The van der Waals surface area contributed by atoms with Crippen molar-refractivity contribution in [2.45, 2.75) is 0 Å². The molecule has 1 aliphatic heterocycles. The van der Waals surface area contributed by atoms with E-state index in [0.717, 1.165) is 10.5 Å². The summed E-state index contributed by atoms with van der Waals surface area (Å²) < 4.78 is 5.25. The van der Waals surface area contributed by atoms with Crippen LogP contribution in [0, 0.1) is 0 Å². The zero-order chi connectivity index (χ0) is 15.5. The van der Waals surface area contributed by atoms with Gasteiger partial charge in [0.25, 0.3) is 5.91 Å². The summed E-state index contributed by atoms with van der Waals surface area (Å²) >= 11 is 0. The molecule has 1 aliphatic rings. The van der Waals surface area contributed by atoms with Crippen LogP contribution < -0.4 is 15.0 Å². The Labute approximate surface area is 127 Å². The Morgan fingerprint density at radius 1 is 1.00 bits per heavy atom. The van der Waals surface area contributed by atoms with Crippen LogP contribution in [0.15, 0.2) is 60.3 Å². The largest absolute Gasteiger partial charge is 0.496 e. The van der Waals surface area contributed by atoms with Gasteiger partial charge in [0.05, 0.1) is 12.8 Å². The first kappa shape index (κ1) is 13.9. The minimum atomic E-state index is -0.461. The van der Waals surface area contributed by atoms with E-state index < -0.39 is 6.03 Å². The maximum Gasteiger partial charge on any atom is 0.333 e. The lowest BCUT2D eigenvalue weighted by Crippen LogP contribution is -2.30. The summed E-state index contributed by atoms with van der Waals surface area (Å²) in [5.74, 6) is 0.248. The smallest absolute Gasteiger partial charge is 0.333 e. The molecule has 1 fully saturated rings. The summed E-state index contributed by atoms with van der Waals surface area (Å²) in [6, 6.07) is 15.6. The van der Waals surface area contributed by atoms with Crippen LogP contribution in [0.4, 0.5) is 10.5 Å². The van der Waals surface area contributed by atoms with Crippen molar-refractivity contribution in [2.75, 3.05) is 12.0 Å². The lowest BCUT2D eigenvalue weighted by Gasteiger charge is -2.10. The van der Waals surface area contributed by atoms with E-state index in [0.29, 0.717) is 11.4 Å². The molecule has 0 aliphatic carbocycles. The molecular formula is C17H14N2O3. The van der Waals surface area contributed by atoms with Crippen LogP contribution in [0.2, 0.25) is 0 Å². The molecule has 0 spiro atoms. The number of nitrogens with zero attached hydrogens (tertiary/aromatic N) is 1. The van der Waals surface area contributed by atoms with E-state index in [9.17, 15) is 9.59 Å². The third-order valence-corrected chi connectivity index (χ3v) is 3.33. The fraction of sp³-hybridized carbons (Fsp3) is 0.0588. The minimum absolute atomic E-state index is 0.221. The topological polar surface area (TPSA) is 58.6 Å². The number of anilines is 1. The molecule has 2 aromatic carbocycles. The number of hydrogen-bond acceptors (Lipinski definition) is 3. The fourth-order valence-electron chi connectivity index (χ4n) is 2.29. The number of ether oxygens (including phenoxy) is 1. The third kappa shape index (κ3) is 2.44. The van der Waals surface area contributed by atoms with Crippen molar-refractivity contribution in [1.82, 2.24) is 5.32 Å². The molecule has 2 aromatic rings. The normalized spacial score (nSPS) is 16.0. The first-order chi connectivity index (χ1) is 10.7. The number of nitrogens with one attached hydrogen (secondary N) is 1. The Morgan fingerprint density at radius 3 is 2.41 bits per heavy atom. The van der Waals surface area contributed by atoms with Crippen LogP contribution in [0.25, 0.3) is 6.08 Å². The molecule has 0 radical (unpaired) electrons. The van der Waals surface area contributed by atoms with Gasteiger partial charge in [-0.1, -0.05) is 36.4 Å². The second kappa shape index (κ2) is 5.73. The number of urea groups is 1. The van der Waals surface area contributed by atoms with Gasteiger partial charge in [-0.05, 0) is 24.3 Å². The molecule has 1 heterocycles. The van der Waals surface area contributed by atoms with Crippen LogP contribution >= 0.6 is 0 Å². The predicted molar refractivity (Wildman–Crippen MR) is 83.4 cm³/mol. The van der Waals surface area contributed by atoms with E-state index >= 15 is 0 Å². The molecule has 5 heteroatoms. The molecule has 0 bridgehead atoms. The molecule has 1 N–H and O–H groups in total. The van der Waals surface area contributed by atoms with Crippen molar-refractivity contribution in [2.24, 2.45) is 0 Å². The summed E-state index contributed by atoms with van der Waals surface area (Å²) in [6.07, 6.45) is 1.61. The van der Waals surface area contributed by atoms with Gasteiger partial charge in [-0.2, -0.15) is 0 Å². The van der Waals surface area contributed by atoms with Crippen molar-refractivity contribution < 1.29 is 14.3 Å². The van der Waals surface area contributed by atoms with E-state index in [1.165, 1.54) is 0 Å². The predicted octanol–water partition coefficient (Wildman–Crippen LogP) is 2.79. The first-order valence-corrected chi connectivity index (χ1v) is 6.76. The first-order valence-electron chi connectivity index (χ1n) is 6.76. The molecule has 0 unspecified atom stereocenters.